The number of aromatic amines is 1. The SMILES string of the molecule is COCCc1nc(CCc2c[nH]c3ccccc23)no1. The van der Waals surface area contributed by atoms with E-state index < -0.39 is 0 Å². The van der Waals surface area contributed by atoms with Gasteiger partial charge in [-0.1, -0.05) is 23.4 Å². The van der Waals surface area contributed by atoms with E-state index >= 15 is 0 Å². The molecule has 0 bridgehead atoms. The average Bonchev–Trinajstić information content (AvgIpc) is 3.10. The molecule has 1 aromatic carbocycles. The van der Waals surface area contributed by atoms with Gasteiger partial charge in [0.25, 0.3) is 0 Å². The summed E-state index contributed by atoms with van der Waals surface area (Å²) in [5.74, 6) is 1.39. The summed E-state index contributed by atoms with van der Waals surface area (Å²) < 4.78 is 10.2. The molecule has 5 nitrogen and oxygen atoms in total. The average molecular weight is 271 g/mol. The number of hydrogen-bond donors (Lipinski definition) is 1. The molecule has 0 saturated carbocycles. The van der Waals surface area contributed by atoms with Gasteiger partial charge < -0.3 is 14.2 Å². The van der Waals surface area contributed by atoms with Gasteiger partial charge in [0.2, 0.25) is 5.89 Å². The van der Waals surface area contributed by atoms with Crippen molar-refractivity contribution in [2.75, 3.05) is 13.7 Å². The number of fused-ring (bicyclic) bond motifs is 1. The van der Waals surface area contributed by atoms with Gasteiger partial charge in [-0.3, -0.25) is 0 Å². The second-order valence-electron chi connectivity index (χ2n) is 4.71. The van der Waals surface area contributed by atoms with Gasteiger partial charge in [0.15, 0.2) is 5.82 Å². The van der Waals surface area contributed by atoms with Gasteiger partial charge in [0.05, 0.1) is 13.0 Å². The molecule has 0 spiro atoms. The molecule has 5 heteroatoms. The molecule has 0 fully saturated rings. The van der Waals surface area contributed by atoms with E-state index in [-0.39, 0.29) is 0 Å². The number of rotatable bonds is 6. The minimum absolute atomic E-state index is 0.601. The quantitative estimate of drug-likeness (QED) is 0.748. The molecule has 0 amide bonds. The molecule has 0 aliphatic carbocycles. The van der Waals surface area contributed by atoms with Crippen molar-refractivity contribution in [3.05, 3.63) is 47.7 Å². The predicted octanol–water partition coefficient (Wildman–Crippen LogP) is 2.53. The number of H-pyrrole nitrogens is 1. The normalized spacial score (nSPS) is 11.2. The smallest absolute Gasteiger partial charge is 0.228 e. The molecule has 0 radical (unpaired) electrons. The summed E-state index contributed by atoms with van der Waals surface area (Å²) >= 11 is 0. The Morgan fingerprint density at radius 1 is 1.20 bits per heavy atom. The number of ether oxygens (including phenoxy) is 1. The maximum absolute atomic E-state index is 5.18. The first kappa shape index (κ1) is 12.9. The number of aryl methyl sites for hydroxylation is 2. The first-order chi connectivity index (χ1) is 9.86. The lowest BCUT2D eigenvalue weighted by Crippen LogP contribution is -1.96. The van der Waals surface area contributed by atoms with Crippen molar-refractivity contribution < 1.29 is 9.26 Å². The Labute approximate surface area is 117 Å². The highest BCUT2D eigenvalue weighted by molar-refractivity contribution is 5.83. The van der Waals surface area contributed by atoms with Gasteiger partial charge >= 0.3 is 0 Å². The van der Waals surface area contributed by atoms with Crippen LogP contribution in [0.1, 0.15) is 17.3 Å². The first-order valence-corrected chi connectivity index (χ1v) is 6.72. The van der Waals surface area contributed by atoms with E-state index in [1.807, 2.05) is 6.07 Å². The number of para-hydroxylation sites is 1. The summed E-state index contributed by atoms with van der Waals surface area (Å²) in [7, 11) is 1.66. The lowest BCUT2D eigenvalue weighted by Gasteiger charge is -1.96. The predicted molar refractivity (Wildman–Crippen MR) is 75.6 cm³/mol. The number of aromatic nitrogens is 3. The lowest BCUT2D eigenvalue weighted by molar-refractivity contribution is 0.192. The Morgan fingerprint density at radius 2 is 2.10 bits per heavy atom. The van der Waals surface area contributed by atoms with Crippen LogP contribution in [0.15, 0.2) is 35.0 Å². The van der Waals surface area contributed by atoms with E-state index in [1.165, 1.54) is 10.9 Å². The van der Waals surface area contributed by atoms with Crippen molar-refractivity contribution in [1.29, 1.82) is 0 Å². The van der Waals surface area contributed by atoms with Crippen LogP contribution in [-0.4, -0.2) is 28.8 Å². The van der Waals surface area contributed by atoms with Gasteiger partial charge in [0.1, 0.15) is 0 Å². The van der Waals surface area contributed by atoms with Gasteiger partial charge in [-0.15, -0.1) is 0 Å². The molecule has 0 unspecified atom stereocenters. The number of hydrogen-bond acceptors (Lipinski definition) is 4. The second-order valence-corrected chi connectivity index (χ2v) is 4.71. The lowest BCUT2D eigenvalue weighted by atomic mass is 10.1. The highest BCUT2D eigenvalue weighted by Crippen LogP contribution is 2.19. The number of nitrogens with zero attached hydrogens (tertiary/aromatic N) is 2. The van der Waals surface area contributed by atoms with Crippen molar-refractivity contribution in [3.63, 3.8) is 0 Å². The molecular weight excluding hydrogens is 254 g/mol. The highest BCUT2D eigenvalue weighted by atomic mass is 16.5. The van der Waals surface area contributed by atoms with E-state index in [0.717, 1.165) is 24.2 Å². The van der Waals surface area contributed by atoms with E-state index in [4.69, 9.17) is 9.26 Å². The molecule has 1 N–H and O–H groups in total. The number of methoxy groups -OCH3 is 1. The maximum atomic E-state index is 5.18. The van der Waals surface area contributed by atoms with Gasteiger partial charge in [-0.05, 0) is 18.1 Å². The zero-order valence-electron chi connectivity index (χ0n) is 11.4. The largest absolute Gasteiger partial charge is 0.384 e. The molecule has 20 heavy (non-hydrogen) atoms. The molecule has 2 aromatic heterocycles. The van der Waals surface area contributed by atoms with Crippen LogP contribution in [0.2, 0.25) is 0 Å². The van der Waals surface area contributed by atoms with Crippen LogP contribution in [0.25, 0.3) is 10.9 Å². The van der Waals surface area contributed by atoms with Crippen molar-refractivity contribution >= 4 is 10.9 Å². The van der Waals surface area contributed by atoms with Crippen LogP contribution < -0.4 is 0 Å². The summed E-state index contributed by atoms with van der Waals surface area (Å²) in [4.78, 5) is 7.64. The van der Waals surface area contributed by atoms with E-state index in [0.29, 0.717) is 18.9 Å². The number of benzene rings is 1. The van der Waals surface area contributed by atoms with Crippen molar-refractivity contribution in [1.82, 2.24) is 15.1 Å². The fourth-order valence-corrected chi connectivity index (χ4v) is 2.27. The van der Waals surface area contributed by atoms with Gasteiger partial charge in [-0.25, -0.2) is 0 Å². The Hall–Kier alpha value is -2.14. The van der Waals surface area contributed by atoms with E-state index in [2.05, 4.69) is 39.5 Å². The minimum atomic E-state index is 0.601. The molecular formula is C15H17N3O2. The van der Waals surface area contributed by atoms with E-state index in [9.17, 15) is 0 Å². The minimum Gasteiger partial charge on any atom is -0.384 e. The Bertz CT molecular complexity index is 687. The van der Waals surface area contributed by atoms with Crippen LogP contribution in [0.3, 0.4) is 0 Å². The molecule has 0 aliphatic rings. The third-order valence-electron chi connectivity index (χ3n) is 3.32. The summed E-state index contributed by atoms with van der Waals surface area (Å²) in [6, 6.07) is 8.29. The molecule has 0 saturated heterocycles. The third kappa shape index (κ3) is 2.72. The Balaban J connectivity index is 1.65. The fraction of sp³-hybridized carbons (Fsp3) is 0.333. The zero-order chi connectivity index (χ0) is 13.8. The Morgan fingerprint density at radius 3 is 3.00 bits per heavy atom. The third-order valence-corrected chi connectivity index (χ3v) is 3.32. The van der Waals surface area contributed by atoms with Gasteiger partial charge in [-0.2, -0.15) is 4.98 Å². The van der Waals surface area contributed by atoms with E-state index in [1.54, 1.807) is 7.11 Å². The second kappa shape index (κ2) is 5.88. The van der Waals surface area contributed by atoms with Crippen LogP contribution in [0, 0.1) is 0 Å². The first-order valence-electron chi connectivity index (χ1n) is 6.72. The maximum Gasteiger partial charge on any atom is 0.228 e. The summed E-state index contributed by atoms with van der Waals surface area (Å²) in [6.45, 7) is 0.601. The molecule has 3 aromatic rings. The summed E-state index contributed by atoms with van der Waals surface area (Å²) in [5, 5.41) is 5.26. The van der Waals surface area contributed by atoms with Gasteiger partial charge in [0, 0.05) is 30.6 Å². The molecule has 3 rings (SSSR count). The van der Waals surface area contributed by atoms with Crippen molar-refractivity contribution in [2.24, 2.45) is 0 Å². The zero-order valence-corrected chi connectivity index (χ0v) is 11.4. The molecule has 0 aliphatic heterocycles. The molecule has 104 valence electrons. The standard InChI is InChI=1S/C15H17N3O2/c1-19-9-8-15-17-14(18-20-15)7-6-11-10-16-13-5-3-2-4-12(11)13/h2-5,10,16H,6-9H2,1H3. The summed E-state index contributed by atoms with van der Waals surface area (Å²) in [6.07, 6.45) is 4.39. The summed E-state index contributed by atoms with van der Waals surface area (Å²) in [5.41, 5.74) is 2.44. The van der Waals surface area contributed by atoms with Crippen LogP contribution in [0.5, 0.6) is 0 Å². The van der Waals surface area contributed by atoms with Crippen LogP contribution >= 0.6 is 0 Å². The fourth-order valence-electron chi connectivity index (χ4n) is 2.27. The molecule has 0 atom stereocenters. The Kier molecular flexibility index (Phi) is 3.78. The monoisotopic (exact) mass is 271 g/mol. The topological polar surface area (TPSA) is 63.9 Å². The molecule has 2 heterocycles. The highest BCUT2D eigenvalue weighted by Gasteiger charge is 2.08. The van der Waals surface area contributed by atoms with Crippen molar-refractivity contribution in [2.45, 2.75) is 19.3 Å². The van der Waals surface area contributed by atoms with Crippen LogP contribution in [0.4, 0.5) is 0 Å². The van der Waals surface area contributed by atoms with Crippen molar-refractivity contribution in [3.8, 4) is 0 Å². The van der Waals surface area contributed by atoms with Crippen LogP contribution in [-0.2, 0) is 24.0 Å². The number of nitrogens with one attached hydrogen (secondary N) is 1.